The molecule has 0 saturated heterocycles. The summed E-state index contributed by atoms with van der Waals surface area (Å²) >= 11 is 0. The van der Waals surface area contributed by atoms with Crippen LogP contribution in [0.1, 0.15) is 88.0 Å². The smallest absolute Gasteiger partial charge is 0.333 e. The summed E-state index contributed by atoms with van der Waals surface area (Å²) in [6, 6.07) is 8.96. The molecule has 0 radical (unpaired) electrons. The number of unbranched alkanes of at least 4 members (excludes halogenated alkanes) is 2. The maximum Gasteiger partial charge on any atom is 0.333 e. The van der Waals surface area contributed by atoms with Crippen molar-refractivity contribution in [1.82, 2.24) is 4.73 Å². The number of nitrogens with zero attached hydrogens (tertiary/aromatic N) is 3. The van der Waals surface area contributed by atoms with Gasteiger partial charge in [0, 0.05) is 65.5 Å². The van der Waals surface area contributed by atoms with Crippen molar-refractivity contribution in [2.75, 3.05) is 18.0 Å². The van der Waals surface area contributed by atoms with Crippen molar-refractivity contribution in [3.63, 3.8) is 0 Å². The number of aromatic nitrogens is 1. The van der Waals surface area contributed by atoms with Crippen LogP contribution in [0.3, 0.4) is 0 Å². The van der Waals surface area contributed by atoms with E-state index in [0.717, 1.165) is 66.1 Å². The van der Waals surface area contributed by atoms with Crippen LogP contribution >= 0.6 is 0 Å². The van der Waals surface area contributed by atoms with E-state index in [0.29, 0.717) is 48.1 Å². The van der Waals surface area contributed by atoms with Gasteiger partial charge >= 0.3 is 5.97 Å². The lowest BCUT2D eigenvalue weighted by Gasteiger charge is -2.32. The first-order valence-electron chi connectivity index (χ1n) is 18.5. The molecular formula is C40H46N3O10S2+. The number of allylic oxidation sites excluding steroid dienone is 6. The van der Waals surface area contributed by atoms with Gasteiger partial charge in [0.1, 0.15) is 16.3 Å². The third-order valence-corrected chi connectivity index (χ3v) is 13.2. The topological polar surface area (TPSA) is 187 Å². The molecular weight excluding hydrogens is 747 g/mol. The summed E-state index contributed by atoms with van der Waals surface area (Å²) in [5, 5.41) is 19.5. The maximum absolute atomic E-state index is 12.8. The van der Waals surface area contributed by atoms with E-state index in [4.69, 9.17) is 4.84 Å². The fourth-order valence-corrected chi connectivity index (χ4v) is 10.7. The molecule has 3 aromatic rings. The minimum absolute atomic E-state index is 0.0332. The average Bonchev–Trinajstić information content (AvgIpc) is 3.65. The predicted molar refractivity (Wildman–Crippen MR) is 205 cm³/mol. The molecule has 0 saturated carbocycles. The quantitative estimate of drug-likeness (QED) is 0.0725. The van der Waals surface area contributed by atoms with E-state index < -0.39 is 48.8 Å². The first kappa shape index (κ1) is 38.6. The fraction of sp³-hybridized carbons (Fsp3) is 0.400. The van der Waals surface area contributed by atoms with Gasteiger partial charge in [-0.25, -0.2) is 4.79 Å². The third kappa shape index (κ3) is 6.81. The lowest BCUT2D eigenvalue weighted by Crippen LogP contribution is -2.31. The van der Waals surface area contributed by atoms with Gasteiger partial charge in [-0.15, -0.1) is 4.73 Å². The molecule has 4 aliphatic heterocycles. The largest absolute Gasteiger partial charge is 0.492 e. The second kappa shape index (κ2) is 14.1. The Bertz CT molecular complexity index is 2420. The highest BCUT2D eigenvalue weighted by Gasteiger charge is 2.50. The van der Waals surface area contributed by atoms with Crippen molar-refractivity contribution in [2.24, 2.45) is 0 Å². The molecule has 0 spiro atoms. The van der Waals surface area contributed by atoms with Crippen LogP contribution in [0, 0.1) is 0 Å². The molecule has 5 heterocycles. The van der Waals surface area contributed by atoms with Crippen LogP contribution in [-0.2, 0) is 48.7 Å². The number of aromatic hydroxyl groups is 2. The normalized spacial score (nSPS) is 20.9. The van der Waals surface area contributed by atoms with Crippen LogP contribution in [0.15, 0.2) is 82.3 Å². The molecule has 15 heteroatoms. The van der Waals surface area contributed by atoms with Crippen LogP contribution in [0.5, 0.6) is 11.8 Å². The molecule has 0 bridgehead atoms. The summed E-state index contributed by atoms with van der Waals surface area (Å²) in [5.41, 5.74) is 5.19. The summed E-state index contributed by atoms with van der Waals surface area (Å²) < 4.78 is 73.8. The second-order valence-electron chi connectivity index (χ2n) is 15.4. The molecule has 13 nitrogen and oxygen atoms in total. The van der Waals surface area contributed by atoms with Crippen molar-refractivity contribution >= 4 is 43.3 Å². The number of carbonyl (C=O) groups excluding carboxylic acids is 1. The monoisotopic (exact) mass is 792 g/mol. The number of aryl methyl sites for hydroxylation is 2. The van der Waals surface area contributed by atoms with E-state index in [9.17, 15) is 40.9 Å². The van der Waals surface area contributed by atoms with Crippen molar-refractivity contribution < 1.29 is 50.4 Å². The van der Waals surface area contributed by atoms with E-state index in [1.165, 1.54) is 24.3 Å². The molecule has 55 heavy (non-hydrogen) atoms. The summed E-state index contributed by atoms with van der Waals surface area (Å²) in [4.78, 5) is 19.4. The van der Waals surface area contributed by atoms with Gasteiger partial charge in [0.05, 0.1) is 11.0 Å². The molecule has 0 amide bonds. The van der Waals surface area contributed by atoms with Gasteiger partial charge < -0.3 is 20.0 Å². The molecule has 1 aromatic heterocycles. The zero-order valence-electron chi connectivity index (χ0n) is 31.0. The van der Waals surface area contributed by atoms with Crippen molar-refractivity contribution in [2.45, 2.75) is 99.2 Å². The SMILES string of the molecule is CC1(C)C(C=CC=CC=C2N3CCCc4ccc(S(=O)(=O)O)c(c43)C2(C)CCCCCC(=O)On2c(O)ccc2O)=[N+]2CCCc3ccc(S(=O)(=O)O)c1c32. The highest BCUT2D eigenvalue weighted by atomic mass is 32.2. The Balaban J connectivity index is 1.16. The Labute approximate surface area is 321 Å². The first-order valence-corrected chi connectivity index (χ1v) is 21.4. The van der Waals surface area contributed by atoms with E-state index in [1.54, 1.807) is 12.1 Å². The van der Waals surface area contributed by atoms with Gasteiger partial charge in [-0.05, 0) is 76.6 Å². The number of hydrogen-bond acceptors (Lipinski definition) is 9. The minimum atomic E-state index is -4.56. The Morgan fingerprint density at radius 3 is 2.18 bits per heavy atom. The molecule has 7 rings (SSSR count). The number of benzene rings is 2. The predicted octanol–water partition coefficient (Wildman–Crippen LogP) is 6.04. The molecule has 4 aliphatic rings. The Hall–Kier alpha value is -4.70. The fourth-order valence-electron chi connectivity index (χ4n) is 9.02. The van der Waals surface area contributed by atoms with Crippen LogP contribution in [0.25, 0.3) is 0 Å². The number of carbonyl (C=O) groups is 1. The van der Waals surface area contributed by atoms with Crippen LogP contribution in [0.4, 0.5) is 11.4 Å². The molecule has 1 unspecified atom stereocenters. The zero-order chi connectivity index (χ0) is 39.5. The summed E-state index contributed by atoms with van der Waals surface area (Å²) in [6.45, 7) is 7.30. The molecule has 292 valence electrons. The summed E-state index contributed by atoms with van der Waals surface area (Å²) in [7, 11) is -9.01. The summed E-state index contributed by atoms with van der Waals surface area (Å²) in [5.74, 6) is -1.43. The van der Waals surface area contributed by atoms with Crippen LogP contribution in [0.2, 0.25) is 0 Å². The van der Waals surface area contributed by atoms with Gasteiger partial charge in [0.15, 0.2) is 5.71 Å². The van der Waals surface area contributed by atoms with Crippen molar-refractivity contribution in [1.29, 1.82) is 0 Å². The average molecular weight is 793 g/mol. The number of anilines is 1. The third-order valence-electron chi connectivity index (χ3n) is 11.4. The maximum atomic E-state index is 12.8. The van der Waals surface area contributed by atoms with Gasteiger partial charge in [0.2, 0.25) is 17.4 Å². The standard InChI is InChI=1S/C40H45N3O10S2/c1-39(2)30(41-24-10-12-26-17-19-28(54(47,48)49)35(39)37(26)41)14-6-4-7-15-31-40(3,23-9-5-8-16-34(46)53-43-32(44)21-22-33(43)45)36-29(55(50,51)52)20-18-27-13-11-25-42(31)38(27)36/h4,6-7,14-15,17-22H,5,8-13,16,23-25H2,1-3H3,(H3-,44,45,47,48,49,50,51,52)/p+1. The second-order valence-corrected chi connectivity index (χ2v) is 18.1. The van der Waals surface area contributed by atoms with E-state index in [1.807, 2.05) is 51.2 Å². The lowest BCUT2D eigenvalue weighted by atomic mass is 9.76. The number of rotatable bonds is 12. The first-order chi connectivity index (χ1) is 25.9. The Kier molecular flexibility index (Phi) is 9.89. The van der Waals surface area contributed by atoms with Gasteiger partial charge in [-0.2, -0.15) is 21.4 Å². The van der Waals surface area contributed by atoms with Crippen molar-refractivity contribution in [3.8, 4) is 11.8 Å². The summed E-state index contributed by atoms with van der Waals surface area (Å²) in [6.07, 6.45) is 15.2. The minimum Gasteiger partial charge on any atom is -0.492 e. The highest BCUT2D eigenvalue weighted by Crippen LogP contribution is 2.56. The van der Waals surface area contributed by atoms with Gasteiger partial charge in [-0.3, -0.25) is 9.11 Å². The van der Waals surface area contributed by atoms with E-state index in [2.05, 4.69) is 9.48 Å². The highest BCUT2D eigenvalue weighted by molar-refractivity contribution is 7.86. The van der Waals surface area contributed by atoms with E-state index in [-0.39, 0.29) is 16.2 Å². The van der Waals surface area contributed by atoms with Crippen molar-refractivity contribution in [3.05, 3.63) is 94.7 Å². The zero-order valence-corrected chi connectivity index (χ0v) is 32.7. The van der Waals surface area contributed by atoms with Gasteiger partial charge in [-0.1, -0.05) is 43.2 Å². The molecule has 0 fully saturated rings. The molecule has 1 atom stereocenters. The molecule has 2 aromatic carbocycles. The van der Waals surface area contributed by atoms with Gasteiger partial charge in [0.25, 0.3) is 20.2 Å². The molecule has 0 aliphatic carbocycles. The van der Waals surface area contributed by atoms with Crippen LogP contribution in [-0.4, -0.2) is 70.2 Å². The van der Waals surface area contributed by atoms with Crippen LogP contribution < -0.4 is 9.74 Å². The Morgan fingerprint density at radius 1 is 0.836 bits per heavy atom. The molecule has 4 N–H and O–H groups in total. The van der Waals surface area contributed by atoms with E-state index >= 15 is 0 Å². The number of hydrogen-bond donors (Lipinski definition) is 4. The Morgan fingerprint density at radius 2 is 1.49 bits per heavy atom. The lowest BCUT2D eigenvalue weighted by molar-refractivity contribution is -0.443.